The van der Waals surface area contributed by atoms with Gasteiger partial charge in [-0.25, -0.2) is 8.42 Å². The highest BCUT2D eigenvalue weighted by Crippen LogP contribution is 2.30. The molecule has 0 aliphatic carbocycles. The maximum absolute atomic E-state index is 12.5. The molecule has 1 saturated heterocycles. The minimum absolute atomic E-state index is 0.00495. The molecule has 1 fully saturated rings. The number of hydrogen-bond donors (Lipinski definition) is 0. The van der Waals surface area contributed by atoms with Crippen LogP contribution in [-0.2, 0) is 21.1 Å². The van der Waals surface area contributed by atoms with Crippen LogP contribution in [-0.4, -0.2) is 48.0 Å². The number of carbonyl (C=O) groups is 1. The van der Waals surface area contributed by atoms with E-state index in [1.165, 1.54) is 0 Å². The first-order chi connectivity index (χ1) is 9.76. The molecule has 1 aromatic rings. The fourth-order valence-corrected chi connectivity index (χ4v) is 4.85. The summed E-state index contributed by atoms with van der Waals surface area (Å²) >= 11 is 0. The number of sulfone groups is 1. The lowest BCUT2D eigenvalue weighted by molar-refractivity contribution is -0.135. The SMILES string of the molecule is C=CCN(C(=O)Cc1cc(C)no1)C1(C)CCS(=O)(=O)C1. The van der Waals surface area contributed by atoms with Crippen LogP contribution in [0.2, 0.25) is 0 Å². The van der Waals surface area contributed by atoms with E-state index in [0.29, 0.717) is 24.4 Å². The molecule has 0 radical (unpaired) electrons. The van der Waals surface area contributed by atoms with Gasteiger partial charge in [0.25, 0.3) is 0 Å². The molecule has 7 heteroatoms. The van der Waals surface area contributed by atoms with Gasteiger partial charge in [0.05, 0.1) is 29.2 Å². The first kappa shape index (κ1) is 15.8. The molecule has 1 aliphatic heterocycles. The molecule has 21 heavy (non-hydrogen) atoms. The van der Waals surface area contributed by atoms with Gasteiger partial charge in [-0.1, -0.05) is 11.2 Å². The molecule has 0 bridgehead atoms. The molecular weight excluding hydrogens is 292 g/mol. The van der Waals surface area contributed by atoms with Crippen LogP contribution in [0.1, 0.15) is 24.8 Å². The molecule has 0 saturated carbocycles. The van der Waals surface area contributed by atoms with Crippen LogP contribution in [0, 0.1) is 6.92 Å². The molecule has 1 aliphatic rings. The van der Waals surface area contributed by atoms with Crippen LogP contribution < -0.4 is 0 Å². The molecule has 2 heterocycles. The Morgan fingerprint density at radius 3 is 2.81 bits per heavy atom. The summed E-state index contributed by atoms with van der Waals surface area (Å²) in [6, 6.07) is 1.71. The van der Waals surface area contributed by atoms with Crippen LogP contribution in [0.15, 0.2) is 23.2 Å². The zero-order valence-corrected chi connectivity index (χ0v) is 13.1. The normalized spacial score (nSPS) is 23.9. The number of aryl methyl sites for hydroxylation is 1. The van der Waals surface area contributed by atoms with Gasteiger partial charge in [-0.05, 0) is 20.3 Å². The second-order valence-corrected chi connectivity index (χ2v) is 7.93. The largest absolute Gasteiger partial charge is 0.361 e. The van der Waals surface area contributed by atoms with Crippen molar-refractivity contribution in [3.63, 3.8) is 0 Å². The predicted octanol–water partition coefficient (Wildman–Crippen LogP) is 1.12. The van der Waals surface area contributed by atoms with Crippen molar-refractivity contribution in [3.8, 4) is 0 Å². The molecule has 1 aromatic heterocycles. The highest BCUT2D eigenvalue weighted by Gasteiger charge is 2.44. The van der Waals surface area contributed by atoms with Gasteiger partial charge in [-0.15, -0.1) is 6.58 Å². The average molecular weight is 312 g/mol. The van der Waals surface area contributed by atoms with E-state index >= 15 is 0 Å². The summed E-state index contributed by atoms with van der Waals surface area (Å²) in [6.45, 7) is 7.56. The van der Waals surface area contributed by atoms with Gasteiger partial charge in [0.2, 0.25) is 5.91 Å². The second-order valence-electron chi connectivity index (χ2n) is 5.74. The summed E-state index contributed by atoms with van der Waals surface area (Å²) in [5, 5.41) is 3.75. The van der Waals surface area contributed by atoms with E-state index in [1.807, 2.05) is 6.92 Å². The topological polar surface area (TPSA) is 80.5 Å². The third kappa shape index (κ3) is 3.53. The highest BCUT2D eigenvalue weighted by molar-refractivity contribution is 7.91. The van der Waals surface area contributed by atoms with Crippen molar-refractivity contribution in [2.24, 2.45) is 0 Å². The van der Waals surface area contributed by atoms with Crippen molar-refractivity contribution in [2.75, 3.05) is 18.1 Å². The van der Waals surface area contributed by atoms with Crippen molar-refractivity contribution < 1.29 is 17.7 Å². The maximum Gasteiger partial charge on any atom is 0.231 e. The quantitative estimate of drug-likeness (QED) is 0.761. The first-order valence-corrected chi connectivity index (χ1v) is 8.62. The van der Waals surface area contributed by atoms with E-state index in [0.717, 1.165) is 0 Å². The van der Waals surface area contributed by atoms with Gasteiger partial charge in [0.15, 0.2) is 9.84 Å². The van der Waals surface area contributed by atoms with Crippen molar-refractivity contribution in [1.29, 1.82) is 0 Å². The number of hydrogen-bond acceptors (Lipinski definition) is 5. The Morgan fingerprint density at radius 1 is 1.62 bits per heavy atom. The van der Waals surface area contributed by atoms with Crippen LogP contribution in [0.5, 0.6) is 0 Å². The Balaban J connectivity index is 2.18. The molecule has 1 atom stereocenters. The molecule has 0 aromatic carbocycles. The number of amides is 1. The fourth-order valence-electron chi connectivity index (χ4n) is 2.70. The van der Waals surface area contributed by atoms with Crippen molar-refractivity contribution in [3.05, 3.63) is 30.2 Å². The molecule has 1 unspecified atom stereocenters. The molecule has 6 nitrogen and oxygen atoms in total. The molecule has 0 N–H and O–H groups in total. The van der Waals surface area contributed by atoms with Crippen LogP contribution in [0.3, 0.4) is 0 Å². The summed E-state index contributed by atoms with van der Waals surface area (Å²) in [5.74, 6) is 0.419. The van der Waals surface area contributed by atoms with Gasteiger partial charge in [0.1, 0.15) is 5.76 Å². The van der Waals surface area contributed by atoms with E-state index in [1.54, 1.807) is 24.0 Å². The lowest BCUT2D eigenvalue weighted by Crippen LogP contribution is -2.51. The standard InChI is InChI=1S/C14H20N2O4S/c1-4-6-16(14(3)5-7-21(18,19)10-14)13(17)9-12-8-11(2)15-20-12/h4,8H,1,5-7,9-10H2,2-3H3. The Bertz CT molecular complexity index is 650. The van der Waals surface area contributed by atoms with Gasteiger partial charge in [-0.3, -0.25) is 4.79 Å². The van der Waals surface area contributed by atoms with E-state index in [2.05, 4.69) is 11.7 Å². The van der Waals surface area contributed by atoms with Crippen molar-refractivity contribution in [2.45, 2.75) is 32.2 Å². The Kier molecular flexibility index (Phi) is 4.22. The minimum Gasteiger partial charge on any atom is -0.361 e. The lowest BCUT2D eigenvalue weighted by atomic mass is 9.98. The Hall–Kier alpha value is -1.63. The van der Waals surface area contributed by atoms with Gasteiger partial charge in [0, 0.05) is 12.6 Å². The summed E-state index contributed by atoms with van der Waals surface area (Å²) in [4.78, 5) is 14.1. The molecule has 2 rings (SSSR count). The third-order valence-corrected chi connectivity index (χ3v) is 5.64. The number of nitrogens with zero attached hydrogens (tertiary/aromatic N) is 2. The monoisotopic (exact) mass is 312 g/mol. The van der Waals surface area contributed by atoms with E-state index in [4.69, 9.17) is 4.52 Å². The summed E-state index contributed by atoms with van der Waals surface area (Å²) < 4.78 is 28.6. The maximum atomic E-state index is 12.5. The van der Waals surface area contributed by atoms with E-state index in [9.17, 15) is 13.2 Å². The second kappa shape index (κ2) is 5.63. The van der Waals surface area contributed by atoms with Crippen molar-refractivity contribution in [1.82, 2.24) is 10.1 Å². The summed E-state index contributed by atoms with van der Waals surface area (Å²) in [5.41, 5.74) is 0.0295. The number of carbonyl (C=O) groups excluding carboxylic acids is 1. The fraction of sp³-hybridized carbons (Fsp3) is 0.571. The first-order valence-electron chi connectivity index (χ1n) is 6.80. The summed E-state index contributed by atoms with van der Waals surface area (Å²) in [6.07, 6.45) is 2.13. The minimum atomic E-state index is -3.08. The van der Waals surface area contributed by atoms with Gasteiger partial charge in [-0.2, -0.15) is 0 Å². The van der Waals surface area contributed by atoms with Gasteiger partial charge >= 0.3 is 0 Å². The lowest BCUT2D eigenvalue weighted by Gasteiger charge is -2.36. The molecule has 0 spiro atoms. The predicted molar refractivity (Wildman–Crippen MR) is 78.5 cm³/mol. The van der Waals surface area contributed by atoms with Crippen LogP contribution in [0.4, 0.5) is 0 Å². The Labute approximate surface area is 124 Å². The van der Waals surface area contributed by atoms with Crippen LogP contribution >= 0.6 is 0 Å². The third-order valence-electron chi connectivity index (χ3n) is 3.75. The average Bonchev–Trinajstić information content (AvgIpc) is 2.90. The highest BCUT2D eigenvalue weighted by atomic mass is 32.2. The number of aromatic nitrogens is 1. The number of rotatable bonds is 5. The molecular formula is C14H20N2O4S. The van der Waals surface area contributed by atoms with Gasteiger partial charge < -0.3 is 9.42 Å². The Morgan fingerprint density at radius 2 is 2.33 bits per heavy atom. The zero-order chi connectivity index (χ0) is 15.7. The zero-order valence-electron chi connectivity index (χ0n) is 12.3. The van der Waals surface area contributed by atoms with E-state index < -0.39 is 15.4 Å². The molecule has 1 amide bonds. The molecule has 116 valence electrons. The smallest absolute Gasteiger partial charge is 0.231 e. The van der Waals surface area contributed by atoms with Crippen LogP contribution in [0.25, 0.3) is 0 Å². The van der Waals surface area contributed by atoms with E-state index in [-0.39, 0.29) is 23.8 Å². The summed E-state index contributed by atoms with van der Waals surface area (Å²) in [7, 11) is -3.08. The van der Waals surface area contributed by atoms with Crippen molar-refractivity contribution >= 4 is 15.7 Å².